The molecule has 0 bridgehead atoms. The van der Waals surface area contributed by atoms with Crippen molar-refractivity contribution in [3.63, 3.8) is 0 Å². The maximum atomic E-state index is 12.2. The highest BCUT2D eigenvalue weighted by Gasteiger charge is 2.30. The molecule has 0 saturated heterocycles. The fraction of sp³-hybridized carbons (Fsp3) is 0.238. The summed E-state index contributed by atoms with van der Waals surface area (Å²) in [5, 5.41) is 6.69. The third-order valence-corrected chi connectivity index (χ3v) is 5.84. The molecular weight excluding hydrogens is 374 g/mol. The lowest BCUT2D eigenvalue weighted by atomic mass is 9.91. The van der Waals surface area contributed by atoms with E-state index in [1.54, 1.807) is 18.4 Å². The molecule has 0 fully saturated rings. The van der Waals surface area contributed by atoms with E-state index >= 15 is 0 Å². The summed E-state index contributed by atoms with van der Waals surface area (Å²) in [6, 6.07) is 15.8. The predicted octanol–water partition coefficient (Wildman–Crippen LogP) is 4.25. The van der Waals surface area contributed by atoms with Crippen LogP contribution in [-0.2, 0) is 11.4 Å². The molecule has 1 aliphatic rings. The number of rotatable bonds is 6. The molecule has 0 aliphatic carbocycles. The number of amides is 1. The Morgan fingerprint density at radius 2 is 2.04 bits per heavy atom. The molecule has 2 aromatic carbocycles. The lowest BCUT2D eigenvalue weighted by molar-refractivity contribution is -0.116. The van der Waals surface area contributed by atoms with Gasteiger partial charge in [0.1, 0.15) is 12.4 Å². The minimum atomic E-state index is -0.0552. The maximum Gasteiger partial charge on any atom is 0.226 e. The number of thiazole rings is 1. The second-order valence-electron chi connectivity index (χ2n) is 6.47. The minimum Gasteiger partial charge on any atom is -0.493 e. The zero-order chi connectivity index (χ0) is 19.5. The molecule has 0 radical (unpaired) electrons. The van der Waals surface area contributed by atoms with Crippen LogP contribution in [0.2, 0.25) is 0 Å². The number of fused-ring (bicyclic) bond motifs is 1. The number of nitrogens with zero attached hydrogens (tertiary/aromatic N) is 1. The van der Waals surface area contributed by atoms with Crippen molar-refractivity contribution < 1.29 is 14.3 Å². The third kappa shape index (κ3) is 3.66. The van der Waals surface area contributed by atoms with E-state index in [-0.39, 0.29) is 11.8 Å². The van der Waals surface area contributed by atoms with Crippen molar-refractivity contribution in [2.75, 3.05) is 24.8 Å². The first-order valence-corrected chi connectivity index (χ1v) is 9.82. The molecule has 0 saturated carbocycles. The Labute approximate surface area is 167 Å². The van der Waals surface area contributed by atoms with E-state index in [2.05, 4.69) is 15.6 Å². The molecule has 144 valence electrons. The molecule has 4 rings (SSSR count). The minimum absolute atomic E-state index is 0.0335. The van der Waals surface area contributed by atoms with Gasteiger partial charge in [0.2, 0.25) is 5.91 Å². The molecule has 1 atom stereocenters. The van der Waals surface area contributed by atoms with Crippen LogP contribution in [-0.4, -0.2) is 25.0 Å². The van der Waals surface area contributed by atoms with Crippen molar-refractivity contribution in [1.29, 1.82) is 0 Å². The van der Waals surface area contributed by atoms with Crippen LogP contribution in [0.25, 0.3) is 0 Å². The van der Waals surface area contributed by atoms with Gasteiger partial charge in [-0.25, -0.2) is 4.98 Å². The SMILES string of the molecule is CNc1nc2c(s1)C(c1ccc(OCc3ccccc3)c(OC)c1)CC(=O)N2. The quantitative estimate of drug-likeness (QED) is 0.653. The highest BCUT2D eigenvalue weighted by atomic mass is 32.1. The van der Waals surface area contributed by atoms with E-state index in [0.717, 1.165) is 21.1 Å². The van der Waals surface area contributed by atoms with Crippen LogP contribution < -0.4 is 20.1 Å². The molecule has 1 aromatic heterocycles. The number of methoxy groups -OCH3 is 1. The molecule has 2 heterocycles. The van der Waals surface area contributed by atoms with Crippen molar-refractivity contribution >= 4 is 28.2 Å². The van der Waals surface area contributed by atoms with E-state index < -0.39 is 0 Å². The Morgan fingerprint density at radius 1 is 1.21 bits per heavy atom. The summed E-state index contributed by atoms with van der Waals surface area (Å²) >= 11 is 1.56. The molecule has 1 amide bonds. The Bertz CT molecular complexity index is 988. The normalized spacial score (nSPS) is 15.5. The summed E-state index contributed by atoms with van der Waals surface area (Å²) in [7, 11) is 3.45. The van der Waals surface area contributed by atoms with Gasteiger partial charge in [-0.1, -0.05) is 47.7 Å². The van der Waals surface area contributed by atoms with E-state index in [0.29, 0.717) is 30.3 Å². The van der Waals surface area contributed by atoms with Crippen molar-refractivity contribution in [2.24, 2.45) is 0 Å². The number of carbonyl (C=O) groups excluding carboxylic acids is 1. The highest BCUT2D eigenvalue weighted by Crippen LogP contribution is 2.44. The monoisotopic (exact) mass is 395 g/mol. The van der Waals surface area contributed by atoms with Gasteiger partial charge in [0.15, 0.2) is 16.6 Å². The van der Waals surface area contributed by atoms with Crippen molar-refractivity contribution in [3.05, 3.63) is 64.5 Å². The van der Waals surface area contributed by atoms with Gasteiger partial charge in [0.05, 0.1) is 12.0 Å². The molecular formula is C21H21N3O3S. The third-order valence-electron chi connectivity index (χ3n) is 4.66. The predicted molar refractivity (Wildman–Crippen MR) is 111 cm³/mol. The lowest BCUT2D eigenvalue weighted by Crippen LogP contribution is -2.22. The van der Waals surface area contributed by atoms with Crippen molar-refractivity contribution in [1.82, 2.24) is 4.98 Å². The standard InChI is InChI=1S/C21H21N3O3S/c1-22-21-24-20-19(28-21)15(11-18(25)23-20)14-8-9-16(17(10-14)26-2)27-12-13-6-4-3-5-7-13/h3-10,15H,11-12H2,1-2H3,(H,22,24)(H,23,25). The first kappa shape index (κ1) is 18.3. The van der Waals surface area contributed by atoms with Gasteiger partial charge >= 0.3 is 0 Å². The number of hydrogen-bond donors (Lipinski definition) is 2. The largest absolute Gasteiger partial charge is 0.493 e. The molecule has 0 spiro atoms. The van der Waals surface area contributed by atoms with Gasteiger partial charge in [-0.2, -0.15) is 0 Å². The maximum absolute atomic E-state index is 12.2. The first-order valence-electron chi connectivity index (χ1n) is 9.01. The number of benzene rings is 2. The van der Waals surface area contributed by atoms with Crippen LogP contribution in [0.3, 0.4) is 0 Å². The average molecular weight is 395 g/mol. The molecule has 28 heavy (non-hydrogen) atoms. The Kier molecular flexibility index (Phi) is 5.16. The second-order valence-corrected chi connectivity index (χ2v) is 7.50. The summed E-state index contributed by atoms with van der Waals surface area (Å²) in [4.78, 5) is 17.6. The van der Waals surface area contributed by atoms with Gasteiger partial charge in [0, 0.05) is 19.4 Å². The molecule has 6 nitrogen and oxygen atoms in total. The van der Waals surface area contributed by atoms with E-state index in [9.17, 15) is 4.79 Å². The van der Waals surface area contributed by atoms with E-state index in [1.807, 2.05) is 55.6 Å². The van der Waals surface area contributed by atoms with Crippen LogP contribution >= 0.6 is 11.3 Å². The topological polar surface area (TPSA) is 72.5 Å². The lowest BCUT2D eigenvalue weighted by Gasteiger charge is -2.22. The highest BCUT2D eigenvalue weighted by molar-refractivity contribution is 7.16. The van der Waals surface area contributed by atoms with Crippen LogP contribution in [0.1, 0.15) is 28.3 Å². The number of anilines is 2. The molecule has 3 aromatic rings. The summed E-state index contributed by atoms with van der Waals surface area (Å²) < 4.78 is 11.5. The zero-order valence-electron chi connectivity index (χ0n) is 15.7. The van der Waals surface area contributed by atoms with Gasteiger partial charge in [0.25, 0.3) is 0 Å². The number of ether oxygens (including phenoxy) is 2. The smallest absolute Gasteiger partial charge is 0.226 e. The second kappa shape index (κ2) is 7.90. The number of nitrogens with one attached hydrogen (secondary N) is 2. The number of aromatic nitrogens is 1. The summed E-state index contributed by atoms with van der Waals surface area (Å²) in [5.74, 6) is 1.88. The van der Waals surface area contributed by atoms with Crippen LogP contribution in [0, 0.1) is 0 Å². The Hall–Kier alpha value is -3.06. The summed E-state index contributed by atoms with van der Waals surface area (Å²) in [5.41, 5.74) is 2.10. The summed E-state index contributed by atoms with van der Waals surface area (Å²) in [6.07, 6.45) is 0.381. The molecule has 1 unspecified atom stereocenters. The van der Waals surface area contributed by atoms with E-state index in [1.165, 1.54) is 0 Å². The van der Waals surface area contributed by atoms with E-state index in [4.69, 9.17) is 9.47 Å². The fourth-order valence-corrected chi connectivity index (χ4v) is 4.25. The van der Waals surface area contributed by atoms with Crippen LogP contribution in [0.15, 0.2) is 48.5 Å². The Balaban J connectivity index is 1.61. The van der Waals surface area contributed by atoms with Crippen molar-refractivity contribution in [3.8, 4) is 11.5 Å². The molecule has 1 aliphatic heterocycles. The van der Waals surface area contributed by atoms with Crippen LogP contribution in [0.5, 0.6) is 11.5 Å². The van der Waals surface area contributed by atoms with Gasteiger partial charge in [-0.3, -0.25) is 4.79 Å². The number of carbonyl (C=O) groups is 1. The Morgan fingerprint density at radius 3 is 2.79 bits per heavy atom. The van der Waals surface area contributed by atoms with Crippen molar-refractivity contribution in [2.45, 2.75) is 18.9 Å². The number of hydrogen-bond acceptors (Lipinski definition) is 6. The molecule has 7 heteroatoms. The van der Waals surface area contributed by atoms with Gasteiger partial charge < -0.3 is 20.1 Å². The van der Waals surface area contributed by atoms with Gasteiger partial charge in [-0.15, -0.1) is 0 Å². The van der Waals surface area contributed by atoms with Crippen LogP contribution in [0.4, 0.5) is 10.9 Å². The average Bonchev–Trinajstić information content (AvgIpc) is 3.15. The van der Waals surface area contributed by atoms with Gasteiger partial charge in [-0.05, 0) is 23.3 Å². The fourth-order valence-electron chi connectivity index (χ4n) is 3.25. The first-order chi connectivity index (χ1) is 13.7. The summed E-state index contributed by atoms with van der Waals surface area (Å²) in [6.45, 7) is 0.465. The zero-order valence-corrected chi connectivity index (χ0v) is 16.5. The molecule has 2 N–H and O–H groups in total.